The van der Waals surface area contributed by atoms with Crippen LogP contribution in [-0.2, 0) is 0 Å². The van der Waals surface area contributed by atoms with Gasteiger partial charge in [0.1, 0.15) is 0 Å². The molecular weight excluding hydrogens is 180 g/mol. The lowest BCUT2D eigenvalue weighted by Crippen LogP contribution is -1.96. The molecule has 0 aromatic rings. The number of hydrogen-bond acceptors (Lipinski definition) is 0. The molecule has 0 nitrogen and oxygen atoms in total. The predicted molar refractivity (Wildman–Crippen MR) is 69.0 cm³/mol. The molecule has 0 radical (unpaired) electrons. The van der Waals surface area contributed by atoms with Gasteiger partial charge in [0, 0.05) is 0 Å². The summed E-state index contributed by atoms with van der Waals surface area (Å²) in [5, 5.41) is 0. The van der Waals surface area contributed by atoms with E-state index in [2.05, 4.69) is 20.8 Å². The summed E-state index contributed by atoms with van der Waals surface area (Å²) in [6.07, 6.45) is 13.2. The Labute approximate surface area is 96.8 Å². The highest BCUT2D eigenvalue weighted by Gasteiger charge is 2.31. The normalized spacial score (nSPS) is 26.6. The van der Waals surface area contributed by atoms with Gasteiger partial charge in [0.2, 0.25) is 0 Å². The second-order valence-electron chi connectivity index (χ2n) is 5.86. The van der Waals surface area contributed by atoms with Gasteiger partial charge >= 0.3 is 0 Å². The van der Waals surface area contributed by atoms with Gasteiger partial charge in [-0.2, -0.15) is 0 Å². The van der Waals surface area contributed by atoms with Crippen molar-refractivity contribution in [1.82, 2.24) is 0 Å². The summed E-state index contributed by atoms with van der Waals surface area (Å²) in [6.45, 7) is 7.15. The maximum absolute atomic E-state index is 2.45. The fourth-order valence-electron chi connectivity index (χ4n) is 2.54. The van der Waals surface area contributed by atoms with E-state index in [0.717, 1.165) is 17.8 Å². The van der Waals surface area contributed by atoms with E-state index in [0.29, 0.717) is 0 Å². The highest BCUT2D eigenvalue weighted by atomic mass is 14.4. The summed E-state index contributed by atoms with van der Waals surface area (Å²) in [5.41, 5.74) is 0. The van der Waals surface area contributed by atoms with E-state index >= 15 is 0 Å². The summed E-state index contributed by atoms with van der Waals surface area (Å²) in [7, 11) is 0. The summed E-state index contributed by atoms with van der Waals surface area (Å²) < 4.78 is 0. The van der Waals surface area contributed by atoms with Crippen LogP contribution in [-0.4, -0.2) is 0 Å². The first-order valence-electron chi connectivity index (χ1n) is 7.24. The van der Waals surface area contributed by atoms with Crippen LogP contribution in [0.25, 0.3) is 0 Å². The van der Waals surface area contributed by atoms with E-state index in [4.69, 9.17) is 0 Å². The van der Waals surface area contributed by atoms with Gasteiger partial charge in [0.05, 0.1) is 0 Å². The molecule has 1 rings (SSSR count). The van der Waals surface area contributed by atoms with Gasteiger partial charge in [-0.15, -0.1) is 0 Å². The first kappa shape index (κ1) is 13.1. The van der Waals surface area contributed by atoms with Gasteiger partial charge in [0.25, 0.3) is 0 Å². The van der Waals surface area contributed by atoms with E-state index in [9.17, 15) is 0 Å². The summed E-state index contributed by atoms with van der Waals surface area (Å²) in [6, 6.07) is 0. The minimum Gasteiger partial charge on any atom is -0.0654 e. The van der Waals surface area contributed by atoms with Crippen molar-refractivity contribution in [3.8, 4) is 0 Å². The van der Waals surface area contributed by atoms with Gasteiger partial charge in [0.15, 0.2) is 0 Å². The van der Waals surface area contributed by atoms with Gasteiger partial charge in [-0.1, -0.05) is 65.7 Å². The Bertz CT molecular complexity index is 150. The quantitative estimate of drug-likeness (QED) is 0.446. The minimum absolute atomic E-state index is 0.986. The third kappa shape index (κ3) is 6.22. The molecule has 0 amide bonds. The molecule has 0 aliphatic heterocycles. The Morgan fingerprint density at radius 1 is 1.07 bits per heavy atom. The maximum Gasteiger partial charge on any atom is -0.0386 e. The van der Waals surface area contributed by atoms with Crippen LogP contribution in [0.2, 0.25) is 0 Å². The van der Waals surface area contributed by atoms with Crippen molar-refractivity contribution in [2.24, 2.45) is 17.8 Å². The fraction of sp³-hybridized carbons (Fsp3) is 1.00. The molecular formula is C15H30. The number of rotatable bonds is 9. The van der Waals surface area contributed by atoms with Crippen LogP contribution in [0.15, 0.2) is 0 Å². The fourth-order valence-corrected chi connectivity index (χ4v) is 2.54. The first-order valence-corrected chi connectivity index (χ1v) is 7.24. The van der Waals surface area contributed by atoms with Crippen molar-refractivity contribution in [2.75, 3.05) is 0 Å². The van der Waals surface area contributed by atoms with Crippen molar-refractivity contribution < 1.29 is 0 Å². The van der Waals surface area contributed by atoms with Crippen LogP contribution < -0.4 is 0 Å². The highest BCUT2D eigenvalue weighted by molar-refractivity contribution is 4.82. The molecule has 1 aliphatic rings. The predicted octanol–water partition coefficient (Wildman–Crippen LogP) is 5.42. The molecule has 0 heteroatoms. The lowest BCUT2D eigenvalue weighted by atomic mass is 9.96. The maximum atomic E-state index is 2.45. The van der Waals surface area contributed by atoms with E-state index in [1.165, 1.54) is 57.8 Å². The highest BCUT2D eigenvalue weighted by Crippen LogP contribution is 2.42. The van der Waals surface area contributed by atoms with Crippen molar-refractivity contribution >= 4 is 0 Å². The van der Waals surface area contributed by atoms with Crippen molar-refractivity contribution in [3.63, 3.8) is 0 Å². The molecule has 0 aromatic heterocycles. The molecule has 0 heterocycles. The van der Waals surface area contributed by atoms with E-state index in [1.54, 1.807) is 0 Å². The van der Waals surface area contributed by atoms with Crippen LogP contribution in [0.5, 0.6) is 0 Å². The Kier molecular flexibility index (Phi) is 6.36. The third-order valence-corrected chi connectivity index (χ3v) is 4.11. The Hall–Kier alpha value is 0. The van der Waals surface area contributed by atoms with E-state index in [1.807, 2.05) is 0 Å². The van der Waals surface area contributed by atoms with Gasteiger partial charge < -0.3 is 0 Å². The monoisotopic (exact) mass is 210 g/mol. The molecule has 0 aromatic carbocycles. The van der Waals surface area contributed by atoms with Crippen LogP contribution in [0, 0.1) is 17.8 Å². The molecule has 0 saturated heterocycles. The number of unbranched alkanes of at least 4 members (excludes halogenated alkanes) is 4. The molecule has 1 aliphatic carbocycles. The second-order valence-corrected chi connectivity index (χ2v) is 5.86. The lowest BCUT2D eigenvalue weighted by Gasteiger charge is -2.10. The third-order valence-electron chi connectivity index (χ3n) is 4.11. The molecule has 90 valence electrons. The molecule has 3 atom stereocenters. The smallest absolute Gasteiger partial charge is 0.0386 e. The lowest BCUT2D eigenvalue weighted by molar-refractivity contribution is 0.428. The van der Waals surface area contributed by atoms with Gasteiger partial charge in [-0.3, -0.25) is 0 Å². The van der Waals surface area contributed by atoms with Gasteiger partial charge in [-0.05, 0) is 30.6 Å². The molecule has 0 bridgehead atoms. The molecule has 3 unspecified atom stereocenters. The molecule has 0 spiro atoms. The molecule has 1 saturated carbocycles. The molecule has 15 heavy (non-hydrogen) atoms. The largest absolute Gasteiger partial charge is 0.0654 e. The summed E-state index contributed by atoms with van der Waals surface area (Å²) in [4.78, 5) is 0. The Morgan fingerprint density at radius 2 is 1.73 bits per heavy atom. The average Bonchev–Trinajstić information content (AvgIpc) is 2.91. The number of hydrogen-bond donors (Lipinski definition) is 0. The van der Waals surface area contributed by atoms with Crippen LogP contribution >= 0.6 is 0 Å². The van der Waals surface area contributed by atoms with Gasteiger partial charge in [-0.25, -0.2) is 0 Å². The first-order chi connectivity index (χ1) is 7.24. The van der Waals surface area contributed by atoms with Crippen LogP contribution in [0.4, 0.5) is 0 Å². The summed E-state index contributed by atoms with van der Waals surface area (Å²) in [5.74, 6) is 3.15. The average molecular weight is 210 g/mol. The zero-order valence-electron chi connectivity index (χ0n) is 11.1. The van der Waals surface area contributed by atoms with Crippen molar-refractivity contribution in [2.45, 2.75) is 78.6 Å². The zero-order valence-corrected chi connectivity index (χ0v) is 11.1. The topological polar surface area (TPSA) is 0 Å². The van der Waals surface area contributed by atoms with Crippen LogP contribution in [0.1, 0.15) is 78.6 Å². The standard InChI is InChI=1S/C15H30/c1-4-5-6-7-8-9-13(2)10-11-15-12-14(15)3/h13-15H,4-12H2,1-3H3. The Morgan fingerprint density at radius 3 is 2.33 bits per heavy atom. The molecule has 1 fully saturated rings. The van der Waals surface area contributed by atoms with E-state index in [-0.39, 0.29) is 0 Å². The van der Waals surface area contributed by atoms with Crippen LogP contribution in [0.3, 0.4) is 0 Å². The van der Waals surface area contributed by atoms with Crippen molar-refractivity contribution in [1.29, 1.82) is 0 Å². The van der Waals surface area contributed by atoms with Crippen molar-refractivity contribution in [3.05, 3.63) is 0 Å². The second kappa shape index (κ2) is 7.30. The summed E-state index contributed by atoms with van der Waals surface area (Å²) >= 11 is 0. The Balaban J connectivity index is 1.83. The van der Waals surface area contributed by atoms with E-state index < -0.39 is 0 Å². The minimum atomic E-state index is 0.986. The SMILES string of the molecule is CCCCCCCC(C)CCC1CC1C. The molecule has 0 N–H and O–H groups in total. The zero-order chi connectivity index (χ0) is 11.1.